The van der Waals surface area contributed by atoms with Crippen LogP contribution in [0, 0.1) is 0 Å². The number of oxazole rings is 1. The molecule has 2 rings (SSSR count). The minimum atomic E-state index is -1.08. The first kappa shape index (κ1) is 10.9. The number of anilines is 1. The SMILES string of the molecule is CN(CCNc1nc(C(=O)O)co1)C1CC1. The van der Waals surface area contributed by atoms with Gasteiger partial charge in [0.1, 0.15) is 6.26 Å². The van der Waals surface area contributed by atoms with E-state index in [1.807, 2.05) is 0 Å². The number of carboxylic acids is 1. The van der Waals surface area contributed by atoms with Gasteiger partial charge in [0.25, 0.3) is 6.01 Å². The molecule has 0 aliphatic heterocycles. The Bertz CT molecular complexity index is 373. The third-order valence-corrected chi connectivity index (χ3v) is 2.63. The molecule has 1 aliphatic rings. The van der Waals surface area contributed by atoms with Crippen molar-refractivity contribution in [3.05, 3.63) is 12.0 Å². The summed E-state index contributed by atoms with van der Waals surface area (Å²) in [4.78, 5) is 16.6. The monoisotopic (exact) mass is 225 g/mol. The smallest absolute Gasteiger partial charge is 0.357 e. The van der Waals surface area contributed by atoms with Gasteiger partial charge >= 0.3 is 5.97 Å². The number of rotatable bonds is 6. The summed E-state index contributed by atoms with van der Waals surface area (Å²) in [5.41, 5.74) is -0.0713. The summed E-state index contributed by atoms with van der Waals surface area (Å²) in [6, 6.07) is 0.988. The molecule has 88 valence electrons. The number of aromatic carboxylic acids is 1. The van der Waals surface area contributed by atoms with Crippen LogP contribution in [0.4, 0.5) is 6.01 Å². The second-order valence-corrected chi connectivity index (χ2v) is 3.98. The van der Waals surface area contributed by atoms with Crippen molar-refractivity contribution in [1.29, 1.82) is 0 Å². The van der Waals surface area contributed by atoms with Crippen LogP contribution in [0.25, 0.3) is 0 Å². The number of likely N-dealkylation sites (N-methyl/N-ethyl adjacent to an activating group) is 1. The average Bonchev–Trinajstić information content (AvgIpc) is 2.98. The van der Waals surface area contributed by atoms with Gasteiger partial charge in [0.2, 0.25) is 0 Å². The Kier molecular flexibility index (Phi) is 3.09. The standard InChI is InChI=1S/C10H15N3O3/c1-13(7-2-3-7)5-4-11-10-12-8(6-16-10)9(14)15/h6-7H,2-5H2,1H3,(H,11,12)(H,14,15). The zero-order valence-electron chi connectivity index (χ0n) is 9.14. The van der Waals surface area contributed by atoms with Crippen molar-refractivity contribution in [3.63, 3.8) is 0 Å². The Balaban J connectivity index is 1.73. The van der Waals surface area contributed by atoms with E-state index in [0.29, 0.717) is 6.54 Å². The van der Waals surface area contributed by atoms with E-state index in [9.17, 15) is 4.79 Å². The Morgan fingerprint density at radius 1 is 1.75 bits per heavy atom. The lowest BCUT2D eigenvalue weighted by Gasteiger charge is -2.14. The average molecular weight is 225 g/mol. The van der Waals surface area contributed by atoms with Gasteiger partial charge in [-0.15, -0.1) is 0 Å². The summed E-state index contributed by atoms with van der Waals surface area (Å²) >= 11 is 0. The van der Waals surface area contributed by atoms with E-state index in [2.05, 4.69) is 22.2 Å². The third kappa shape index (κ3) is 2.73. The molecule has 0 radical (unpaired) electrons. The highest BCUT2D eigenvalue weighted by atomic mass is 16.4. The zero-order valence-corrected chi connectivity index (χ0v) is 9.14. The van der Waals surface area contributed by atoms with Gasteiger partial charge < -0.3 is 19.7 Å². The first-order valence-electron chi connectivity index (χ1n) is 5.30. The van der Waals surface area contributed by atoms with Gasteiger partial charge in [0, 0.05) is 19.1 Å². The van der Waals surface area contributed by atoms with E-state index in [1.54, 1.807) is 0 Å². The van der Waals surface area contributed by atoms with Crippen LogP contribution < -0.4 is 5.32 Å². The van der Waals surface area contributed by atoms with E-state index in [4.69, 9.17) is 9.52 Å². The lowest BCUT2D eigenvalue weighted by molar-refractivity contribution is 0.0690. The summed E-state index contributed by atoms with van der Waals surface area (Å²) < 4.78 is 4.96. The van der Waals surface area contributed by atoms with Gasteiger partial charge in [-0.1, -0.05) is 0 Å². The van der Waals surface area contributed by atoms with Crippen LogP contribution in [0.3, 0.4) is 0 Å². The van der Waals surface area contributed by atoms with Gasteiger partial charge in [0.15, 0.2) is 5.69 Å². The molecule has 0 atom stereocenters. The summed E-state index contributed by atoms with van der Waals surface area (Å²) in [6.45, 7) is 1.60. The molecule has 2 N–H and O–H groups in total. The third-order valence-electron chi connectivity index (χ3n) is 2.63. The van der Waals surface area contributed by atoms with Crippen molar-refractivity contribution in [2.45, 2.75) is 18.9 Å². The van der Waals surface area contributed by atoms with Gasteiger partial charge in [-0.05, 0) is 19.9 Å². The molecule has 1 heterocycles. The topological polar surface area (TPSA) is 78.6 Å². The molecule has 1 saturated carbocycles. The maximum Gasteiger partial charge on any atom is 0.357 e. The van der Waals surface area contributed by atoms with Crippen LogP contribution in [-0.4, -0.2) is 47.1 Å². The molecular weight excluding hydrogens is 210 g/mol. The predicted octanol–water partition coefficient (Wildman–Crippen LogP) is 0.879. The van der Waals surface area contributed by atoms with Crippen molar-refractivity contribution in [2.24, 2.45) is 0 Å². The second kappa shape index (κ2) is 4.52. The van der Waals surface area contributed by atoms with Crippen molar-refractivity contribution in [1.82, 2.24) is 9.88 Å². The summed E-state index contributed by atoms with van der Waals surface area (Å²) in [7, 11) is 2.08. The molecule has 6 heteroatoms. The highest BCUT2D eigenvalue weighted by Crippen LogP contribution is 2.24. The lowest BCUT2D eigenvalue weighted by atomic mass is 10.5. The van der Waals surface area contributed by atoms with Gasteiger partial charge in [-0.2, -0.15) is 4.98 Å². The minimum absolute atomic E-state index is 0.0713. The number of nitrogens with one attached hydrogen (secondary N) is 1. The molecule has 0 aromatic carbocycles. The number of nitrogens with zero attached hydrogens (tertiary/aromatic N) is 2. The lowest BCUT2D eigenvalue weighted by Crippen LogP contribution is -2.27. The van der Waals surface area contributed by atoms with Crippen LogP contribution in [0.15, 0.2) is 10.7 Å². The molecule has 1 aliphatic carbocycles. The molecule has 6 nitrogen and oxygen atoms in total. The fourth-order valence-corrected chi connectivity index (χ4v) is 1.49. The largest absolute Gasteiger partial charge is 0.476 e. The Labute approximate surface area is 93.3 Å². The first-order valence-corrected chi connectivity index (χ1v) is 5.30. The predicted molar refractivity (Wildman–Crippen MR) is 57.6 cm³/mol. The van der Waals surface area contributed by atoms with Crippen LogP contribution in [0.1, 0.15) is 23.3 Å². The Hall–Kier alpha value is -1.56. The molecular formula is C10H15N3O3. The van der Waals surface area contributed by atoms with E-state index in [1.165, 1.54) is 12.8 Å². The van der Waals surface area contributed by atoms with E-state index >= 15 is 0 Å². The number of hydrogen-bond acceptors (Lipinski definition) is 5. The van der Waals surface area contributed by atoms with Crippen LogP contribution in [-0.2, 0) is 0 Å². The molecule has 1 fully saturated rings. The van der Waals surface area contributed by atoms with E-state index in [0.717, 1.165) is 18.8 Å². The summed E-state index contributed by atoms with van der Waals surface area (Å²) in [5.74, 6) is -1.08. The van der Waals surface area contributed by atoms with Crippen LogP contribution in [0.2, 0.25) is 0 Å². The molecule has 0 spiro atoms. The normalized spacial score (nSPS) is 15.4. The van der Waals surface area contributed by atoms with E-state index < -0.39 is 5.97 Å². The zero-order chi connectivity index (χ0) is 11.5. The summed E-state index contributed by atoms with van der Waals surface area (Å²) in [5, 5.41) is 11.6. The second-order valence-electron chi connectivity index (χ2n) is 3.98. The Morgan fingerprint density at radius 3 is 3.06 bits per heavy atom. The fourth-order valence-electron chi connectivity index (χ4n) is 1.49. The van der Waals surface area contributed by atoms with Crippen molar-refractivity contribution >= 4 is 12.0 Å². The number of hydrogen-bond donors (Lipinski definition) is 2. The first-order chi connectivity index (χ1) is 7.66. The highest BCUT2D eigenvalue weighted by Gasteiger charge is 2.25. The van der Waals surface area contributed by atoms with Crippen molar-refractivity contribution < 1.29 is 14.3 Å². The van der Waals surface area contributed by atoms with Crippen molar-refractivity contribution in [2.75, 3.05) is 25.5 Å². The maximum absolute atomic E-state index is 10.5. The maximum atomic E-state index is 10.5. The molecule has 0 amide bonds. The molecule has 0 saturated heterocycles. The number of carboxylic acid groups (broad SMARTS) is 1. The van der Waals surface area contributed by atoms with E-state index in [-0.39, 0.29) is 11.7 Å². The number of aromatic nitrogens is 1. The number of carbonyl (C=O) groups is 1. The minimum Gasteiger partial charge on any atom is -0.476 e. The molecule has 0 bridgehead atoms. The quantitative estimate of drug-likeness (QED) is 0.748. The summed E-state index contributed by atoms with van der Waals surface area (Å²) in [6.07, 6.45) is 3.69. The van der Waals surface area contributed by atoms with Gasteiger partial charge in [0.05, 0.1) is 0 Å². The fraction of sp³-hybridized carbons (Fsp3) is 0.600. The Morgan fingerprint density at radius 2 is 2.50 bits per heavy atom. The molecule has 1 aromatic rings. The van der Waals surface area contributed by atoms with Crippen LogP contribution >= 0.6 is 0 Å². The van der Waals surface area contributed by atoms with Crippen LogP contribution in [0.5, 0.6) is 0 Å². The van der Waals surface area contributed by atoms with Gasteiger partial charge in [-0.3, -0.25) is 0 Å². The molecule has 1 aromatic heterocycles. The highest BCUT2D eigenvalue weighted by molar-refractivity contribution is 5.85. The van der Waals surface area contributed by atoms with Gasteiger partial charge in [-0.25, -0.2) is 4.79 Å². The van der Waals surface area contributed by atoms with Crippen molar-refractivity contribution in [3.8, 4) is 0 Å². The molecule has 16 heavy (non-hydrogen) atoms. The molecule has 0 unspecified atom stereocenters.